The summed E-state index contributed by atoms with van der Waals surface area (Å²) in [6.45, 7) is 19.0. The molecule has 0 nitrogen and oxygen atoms in total. The van der Waals surface area contributed by atoms with Crippen LogP contribution in [0.3, 0.4) is 0 Å². The quantitative estimate of drug-likeness (QED) is 0.140. The fourth-order valence-electron chi connectivity index (χ4n) is 10.0. The number of hydrogen-bond donors (Lipinski definition) is 0. The van der Waals surface area contributed by atoms with Gasteiger partial charge in [-0.1, -0.05) is 0 Å². The topological polar surface area (TPSA) is 0 Å². The normalized spacial score (nSPS) is 17.1. The van der Waals surface area contributed by atoms with Gasteiger partial charge in [0.2, 0.25) is 0 Å². The van der Waals surface area contributed by atoms with Gasteiger partial charge in [0.25, 0.3) is 0 Å². The second kappa shape index (κ2) is 13.9. The third-order valence-corrected chi connectivity index (χ3v) is 29.5. The van der Waals surface area contributed by atoms with Gasteiger partial charge < -0.3 is 0 Å². The maximum atomic E-state index is 2.67. The van der Waals surface area contributed by atoms with Gasteiger partial charge in [-0.3, -0.25) is 0 Å². The Hall–Kier alpha value is -4.11. The Morgan fingerprint density at radius 2 is 0.907 bits per heavy atom. The fraction of sp³-hybridized carbons (Fsp3) is 0.231. The fourth-order valence-corrected chi connectivity index (χ4v) is 30.6. The van der Waals surface area contributed by atoms with Crippen LogP contribution >= 0.6 is 0 Å². The summed E-state index contributed by atoms with van der Waals surface area (Å²) in [5.41, 5.74) is 23.6. The molecule has 1 aliphatic heterocycles. The Bertz CT molecular complexity index is 2420. The number of benzene rings is 6. The third-order valence-electron chi connectivity index (χ3n) is 13.1. The second-order valence-electron chi connectivity index (χ2n) is 16.7. The molecule has 0 fully saturated rings. The van der Waals surface area contributed by atoms with E-state index in [0.717, 1.165) is 0 Å². The molecule has 0 radical (unpaired) electrons. The Balaban J connectivity index is 1.33. The van der Waals surface area contributed by atoms with E-state index < -0.39 is 31.0 Å². The molecule has 2 aliphatic carbocycles. The second-order valence-corrected chi connectivity index (χ2v) is 27.9. The summed E-state index contributed by atoms with van der Waals surface area (Å²) in [6, 6.07) is 45.2. The molecular weight excluding hydrogens is 831 g/mol. The molecule has 3 aliphatic rings. The van der Waals surface area contributed by atoms with Crippen molar-refractivity contribution in [1.82, 2.24) is 0 Å². The minimum atomic E-state index is -3.13. The molecule has 0 saturated heterocycles. The van der Waals surface area contributed by atoms with Crippen LogP contribution in [0.1, 0.15) is 79.6 Å². The molecule has 2 unspecified atom stereocenters. The molecule has 2 heteroatoms. The van der Waals surface area contributed by atoms with E-state index in [2.05, 4.69) is 183 Å². The zero-order chi connectivity index (χ0) is 37.4. The van der Waals surface area contributed by atoms with Gasteiger partial charge in [0.05, 0.1) is 0 Å². The van der Waals surface area contributed by atoms with E-state index in [4.69, 9.17) is 0 Å². The van der Waals surface area contributed by atoms with E-state index in [1.165, 1.54) is 66.8 Å². The standard InChI is InChI=1S/2C20H21.C12H9Si.Hf/c2*1-13(2)17-11-16-8-6-10-19(20(16)12-17)18-9-5-7-14(3)15(18)4;1-3-7-11-9(5-1)10-6-2-4-8-12(10)13-11;/h2*5-13H,1-4H3;1-7H,13H2;. The van der Waals surface area contributed by atoms with E-state index in [-0.39, 0.29) is 0 Å². The predicted octanol–water partition coefficient (Wildman–Crippen LogP) is 11.2. The maximum absolute atomic E-state index is 3.13. The molecule has 0 saturated carbocycles. The number of rotatable bonds is 7. The van der Waals surface area contributed by atoms with Gasteiger partial charge in [-0.15, -0.1) is 0 Å². The summed E-state index contributed by atoms with van der Waals surface area (Å²) >= 11 is -3.13. The average Bonchev–Trinajstić information content (AvgIpc) is 3.87. The summed E-state index contributed by atoms with van der Waals surface area (Å²) < 4.78 is 2.74. The first-order valence-corrected chi connectivity index (χ1v) is 27.4. The molecule has 0 N–H and O–H groups in total. The van der Waals surface area contributed by atoms with Crippen molar-refractivity contribution in [2.45, 2.75) is 62.7 Å². The molecule has 9 rings (SSSR count). The monoisotopic (exact) mass is 883 g/mol. The van der Waals surface area contributed by atoms with Crippen LogP contribution in [0.4, 0.5) is 0 Å². The summed E-state index contributed by atoms with van der Waals surface area (Å²) in [6.07, 6.45) is 5.34. The minimum absolute atomic E-state index is 0.466. The van der Waals surface area contributed by atoms with Crippen molar-refractivity contribution in [3.63, 3.8) is 0 Å². The summed E-state index contributed by atoms with van der Waals surface area (Å²) in [5, 5.41) is 3.38. The molecule has 6 aromatic carbocycles. The van der Waals surface area contributed by atoms with Gasteiger partial charge in [-0.25, -0.2) is 0 Å². The Kier molecular flexibility index (Phi) is 9.14. The molecule has 6 aromatic rings. The SMILES string of the molecule is Cc1cccc(-c2cccc3c2C=C(C(C)C)[CH]3[Hf]([c]2cccc3c2[SiH2]c2ccccc2-3)[CH]2C(C(C)C)=Cc3c(-c4cccc(C)c4C)cccc32)c1C. The molecule has 0 bridgehead atoms. The van der Waals surface area contributed by atoms with Crippen LogP contribution in [-0.2, 0) is 21.4 Å². The molecule has 0 spiro atoms. The van der Waals surface area contributed by atoms with Crippen molar-refractivity contribution in [2.75, 3.05) is 0 Å². The number of aryl methyl sites for hydroxylation is 2. The number of allylic oxidation sites excluding steroid dienone is 2. The van der Waals surface area contributed by atoms with Crippen LogP contribution in [0.15, 0.2) is 126 Å². The first kappa shape index (κ1) is 35.6. The summed E-state index contributed by atoms with van der Waals surface area (Å²) in [5.74, 6) is 0.933. The van der Waals surface area contributed by atoms with E-state index in [1.807, 2.05) is 0 Å². The van der Waals surface area contributed by atoms with Crippen LogP contribution in [0.2, 0.25) is 0 Å². The van der Waals surface area contributed by atoms with E-state index >= 15 is 0 Å². The van der Waals surface area contributed by atoms with Gasteiger partial charge in [0.1, 0.15) is 0 Å². The molecule has 2 atom stereocenters. The predicted molar refractivity (Wildman–Crippen MR) is 233 cm³/mol. The molecule has 0 aromatic heterocycles. The van der Waals surface area contributed by atoms with Gasteiger partial charge >= 0.3 is 336 Å². The van der Waals surface area contributed by atoms with Crippen molar-refractivity contribution < 1.29 is 21.4 Å². The Morgan fingerprint density at radius 1 is 0.463 bits per heavy atom. The van der Waals surface area contributed by atoms with Crippen LogP contribution < -0.4 is 13.7 Å². The van der Waals surface area contributed by atoms with E-state index in [1.54, 1.807) is 36.0 Å². The van der Waals surface area contributed by atoms with E-state index in [9.17, 15) is 0 Å². The zero-order valence-corrected chi connectivity index (χ0v) is 38.1. The van der Waals surface area contributed by atoms with Crippen LogP contribution in [0.25, 0.3) is 45.5 Å². The van der Waals surface area contributed by atoms with E-state index in [0.29, 0.717) is 19.2 Å². The Labute approximate surface area is 333 Å². The zero-order valence-electron chi connectivity index (χ0n) is 33.1. The first-order chi connectivity index (χ1) is 26.1. The molecular formula is C52H51HfSi. The van der Waals surface area contributed by atoms with Crippen LogP contribution in [-0.4, -0.2) is 9.52 Å². The molecule has 1 heterocycles. The van der Waals surface area contributed by atoms with Crippen molar-refractivity contribution in [3.8, 4) is 33.4 Å². The molecule has 54 heavy (non-hydrogen) atoms. The number of hydrogen-bond acceptors (Lipinski definition) is 0. The Morgan fingerprint density at radius 3 is 1.44 bits per heavy atom. The van der Waals surface area contributed by atoms with Gasteiger partial charge in [-0.2, -0.15) is 0 Å². The van der Waals surface area contributed by atoms with Crippen LogP contribution in [0, 0.1) is 39.5 Å². The number of fused-ring (bicyclic) bond motifs is 5. The van der Waals surface area contributed by atoms with Crippen molar-refractivity contribution in [2.24, 2.45) is 11.8 Å². The van der Waals surface area contributed by atoms with Crippen molar-refractivity contribution >= 4 is 35.4 Å². The molecule has 267 valence electrons. The summed E-state index contributed by atoms with van der Waals surface area (Å²) in [4.78, 5) is 0. The van der Waals surface area contributed by atoms with Crippen molar-refractivity contribution in [3.05, 3.63) is 171 Å². The van der Waals surface area contributed by atoms with Gasteiger partial charge in [0.15, 0.2) is 0 Å². The molecule has 0 amide bonds. The van der Waals surface area contributed by atoms with Crippen molar-refractivity contribution in [1.29, 1.82) is 0 Å². The first-order valence-electron chi connectivity index (χ1n) is 20.0. The average molecular weight is 883 g/mol. The summed E-state index contributed by atoms with van der Waals surface area (Å²) in [7, 11) is -0.614. The van der Waals surface area contributed by atoms with Gasteiger partial charge in [0, 0.05) is 0 Å². The third kappa shape index (κ3) is 5.62. The van der Waals surface area contributed by atoms with Gasteiger partial charge in [-0.05, 0) is 0 Å². The van der Waals surface area contributed by atoms with Crippen LogP contribution in [0.5, 0.6) is 0 Å².